The second-order valence-corrected chi connectivity index (χ2v) is 6.88. The summed E-state index contributed by atoms with van der Waals surface area (Å²) in [6.07, 6.45) is 5.27. The van der Waals surface area contributed by atoms with Gasteiger partial charge in [-0.2, -0.15) is 0 Å². The first-order chi connectivity index (χ1) is 10.5. The fourth-order valence-electron chi connectivity index (χ4n) is 3.72. The van der Waals surface area contributed by atoms with Gasteiger partial charge in [0, 0.05) is 23.3 Å². The van der Waals surface area contributed by atoms with Crippen LogP contribution in [-0.4, -0.2) is 35.3 Å². The molecule has 0 amide bonds. The predicted octanol–water partition coefficient (Wildman–Crippen LogP) is 3.71. The third kappa shape index (κ3) is 3.95. The van der Waals surface area contributed by atoms with Gasteiger partial charge in [-0.25, -0.2) is 0 Å². The molecule has 0 N–H and O–H groups in total. The summed E-state index contributed by atoms with van der Waals surface area (Å²) in [5.74, 6) is 0.396. The van der Waals surface area contributed by atoms with Gasteiger partial charge in [0.05, 0.1) is 0 Å². The van der Waals surface area contributed by atoms with Gasteiger partial charge in [-0.05, 0) is 71.2 Å². The van der Waals surface area contributed by atoms with Crippen molar-refractivity contribution in [3.8, 4) is 0 Å². The van der Waals surface area contributed by atoms with Gasteiger partial charge in [-0.15, -0.1) is 0 Å². The van der Waals surface area contributed by atoms with E-state index in [1.165, 1.54) is 5.56 Å². The average Bonchev–Trinajstić information content (AvgIpc) is 2.48. The highest BCUT2D eigenvalue weighted by molar-refractivity contribution is 5.82. The van der Waals surface area contributed by atoms with Gasteiger partial charge >= 0.3 is 0 Å². The van der Waals surface area contributed by atoms with E-state index in [9.17, 15) is 4.79 Å². The normalized spacial score (nSPS) is 18.4. The number of Topliss-reactive ketones (excluding diaryl/α,β-unsaturated/α-hetero) is 1. The molecule has 2 heterocycles. The molecular weight excluding hydrogens is 272 g/mol. The van der Waals surface area contributed by atoms with Crippen LogP contribution in [0.3, 0.4) is 0 Å². The molecule has 1 fully saturated rings. The second-order valence-electron chi connectivity index (χ2n) is 6.88. The van der Waals surface area contributed by atoms with Crippen LogP contribution in [0.25, 0.3) is 0 Å². The van der Waals surface area contributed by atoms with Crippen LogP contribution in [0.15, 0.2) is 12.1 Å². The van der Waals surface area contributed by atoms with Crippen LogP contribution >= 0.6 is 0 Å². The molecule has 0 bridgehead atoms. The SMILES string of the molecule is CCCC1(C(C)=O)CCN(CCc2ccc(C)nc2C)CC1. The minimum atomic E-state index is -0.0351. The Labute approximate surface area is 135 Å². The van der Waals surface area contributed by atoms with Crippen molar-refractivity contribution in [2.45, 2.75) is 59.8 Å². The van der Waals surface area contributed by atoms with Gasteiger partial charge in [-0.1, -0.05) is 19.4 Å². The number of hydrogen-bond acceptors (Lipinski definition) is 3. The summed E-state index contributed by atoms with van der Waals surface area (Å²) in [5, 5.41) is 0. The standard InChI is InChI=1S/C19H30N2O/c1-5-9-19(17(4)22)10-13-21(14-11-19)12-8-18-7-6-15(2)20-16(18)3/h6-7H,5,8-14H2,1-4H3. The minimum Gasteiger partial charge on any atom is -0.303 e. The molecule has 2 rings (SSSR count). The molecule has 0 aliphatic carbocycles. The number of piperidine rings is 1. The van der Waals surface area contributed by atoms with Gasteiger partial charge in [-0.3, -0.25) is 9.78 Å². The molecule has 0 aromatic carbocycles. The number of carbonyl (C=O) groups excluding carboxylic acids is 1. The zero-order valence-electron chi connectivity index (χ0n) is 14.6. The molecule has 22 heavy (non-hydrogen) atoms. The molecule has 0 radical (unpaired) electrons. The number of likely N-dealkylation sites (tertiary alicyclic amines) is 1. The first-order valence-electron chi connectivity index (χ1n) is 8.63. The Morgan fingerprint density at radius 2 is 1.95 bits per heavy atom. The Bertz CT molecular complexity index is 516. The molecule has 0 atom stereocenters. The second kappa shape index (κ2) is 7.36. The summed E-state index contributed by atoms with van der Waals surface area (Å²) >= 11 is 0. The number of nitrogens with zero attached hydrogens (tertiary/aromatic N) is 2. The highest BCUT2D eigenvalue weighted by atomic mass is 16.1. The monoisotopic (exact) mass is 302 g/mol. The summed E-state index contributed by atoms with van der Waals surface area (Å²) in [4.78, 5) is 19.1. The lowest BCUT2D eigenvalue weighted by Crippen LogP contribution is -2.44. The largest absolute Gasteiger partial charge is 0.303 e. The molecule has 1 aromatic heterocycles. The number of aromatic nitrogens is 1. The first kappa shape index (κ1) is 17.1. The van der Waals surface area contributed by atoms with Gasteiger partial charge in [0.2, 0.25) is 0 Å². The lowest BCUT2D eigenvalue weighted by atomic mass is 9.72. The Balaban J connectivity index is 1.88. The number of aryl methyl sites for hydroxylation is 2. The molecule has 3 heteroatoms. The van der Waals surface area contributed by atoms with Crippen molar-refractivity contribution in [2.75, 3.05) is 19.6 Å². The Kier molecular flexibility index (Phi) is 5.74. The van der Waals surface area contributed by atoms with Gasteiger partial charge in [0.15, 0.2) is 0 Å². The highest BCUT2D eigenvalue weighted by Crippen LogP contribution is 2.37. The zero-order valence-corrected chi connectivity index (χ0v) is 14.6. The van der Waals surface area contributed by atoms with E-state index in [0.29, 0.717) is 5.78 Å². The van der Waals surface area contributed by atoms with E-state index in [1.54, 1.807) is 6.92 Å². The average molecular weight is 302 g/mol. The van der Waals surface area contributed by atoms with E-state index in [-0.39, 0.29) is 5.41 Å². The van der Waals surface area contributed by atoms with Crippen LogP contribution in [0.5, 0.6) is 0 Å². The summed E-state index contributed by atoms with van der Waals surface area (Å²) < 4.78 is 0. The van der Waals surface area contributed by atoms with Crippen molar-refractivity contribution in [3.63, 3.8) is 0 Å². The fraction of sp³-hybridized carbons (Fsp3) is 0.684. The molecule has 1 aliphatic rings. The van der Waals surface area contributed by atoms with E-state index >= 15 is 0 Å². The predicted molar refractivity (Wildman–Crippen MR) is 91.1 cm³/mol. The maximum atomic E-state index is 12.0. The molecule has 0 saturated carbocycles. The molecule has 1 aromatic rings. The quantitative estimate of drug-likeness (QED) is 0.803. The van der Waals surface area contributed by atoms with E-state index in [1.807, 2.05) is 6.92 Å². The lowest BCUT2D eigenvalue weighted by molar-refractivity contribution is -0.129. The van der Waals surface area contributed by atoms with E-state index in [4.69, 9.17) is 0 Å². The lowest BCUT2D eigenvalue weighted by Gasteiger charge is -2.40. The molecule has 0 unspecified atom stereocenters. The van der Waals surface area contributed by atoms with Gasteiger partial charge < -0.3 is 4.90 Å². The van der Waals surface area contributed by atoms with Crippen LogP contribution in [0, 0.1) is 19.3 Å². The van der Waals surface area contributed by atoms with E-state index in [0.717, 1.165) is 63.1 Å². The number of carbonyl (C=O) groups is 1. The number of ketones is 1. The highest BCUT2D eigenvalue weighted by Gasteiger charge is 2.37. The van der Waals surface area contributed by atoms with Gasteiger partial charge in [0.25, 0.3) is 0 Å². The molecule has 1 saturated heterocycles. The number of pyridine rings is 1. The zero-order chi connectivity index (χ0) is 16.2. The summed E-state index contributed by atoms with van der Waals surface area (Å²) in [5.41, 5.74) is 3.56. The smallest absolute Gasteiger partial charge is 0.136 e. The van der Waals surface area contributed by atoms with Crippen molar-refractivity contribution in [1.82, 2.24) is 9.88 Å². The minimum absolute atomic E-state index is 0.0351. The number of hydrogen-bond donors (Lipinski definition) is 0. The summed E-state index contributed by atoms with van der Waals surface area (Å²) in [7, 11) is 0. The number of rotatable bonds is 6. The molecular formula is C19H30N2O. The van der Waals surface area contributed by atoms with Crippen LogP contribution in [-0.2, 0) is 11.2 Å². The summed E-state index contributed by atoms with van der Waals surface area (Å²) in [6.45, 7) is 11.3. The Hall–Kier alpha value is -1.22. The van der Waals surface area contributed by atoms with Gasteiger partial charge in [0.1, 0.15) is 5.78 Å². The van der Waals surface area contributed by atoms with Crippen LogP contribution in [0.2, 0.25) is 0 Å². The van der Waals surface area contributed by atoms with Crippen molar-refractivity contribution in [2.24, 2.45) is 5.41 Å². The molecule has 122 valence electrons. The first-order valence-corrected chi connectivity index (χ1v) is 8.63. The maximum Gasteiger partial charge on any atom is 0.136 e. The van der Waals surface area contributed by atoms with Crippen molar-refractivity contribution >= 4 is 5.78 Å². The van der Waals surface area contributed by atoms with E-state index in [2.05, 4.69) is 35.9 Å². The van der Waals surface area contributed by atoms with Crippen LogP contribution in [0.1, 0.15) is 56.5 Å². The third-order valence-electron chi connectivity index (χ3n) is 5.32. The van der Waals surface area contributed by atoms with Crippen molar-refractivity contribution in [3.05, 3.63) is 29.1 Å². The maximum absolute atomic E-state index is 12.0. The fourth-order valence-corrected chi connectivity index (χ4v) is 3.72. The van der Waals surface area contributed by atoms with Crippen molar-refractivity contribution < 1.29 is 4.79 Å². The van der Waals surface area contributed by atoms with Crippen LogP contribution < -0.4 is 0 Å². The van der Waals surface area contributed by atoms with Crippen LogP contribution in [0.4, 0.5) is 0 Å². The molecule has 1 aliphatic heterocycles. The Morgan fingerprint density at radius 3 is 2.50 bits per heavy atom. The molecule has 0 spiro atoms. The molecule has 3 nitrogen and oxygen atoms in total. The third-order valence-corrected chi connectivity index (χ3v) is 5.32. The van der Waals surface area contributed by atoms with Crippen molar-refractivity contribution in [1.29, 1.82) is 0 Å². The van der Waals surface area contributed by atoms with E-state index < -0.39 is 0 Å². The topological polar surface area (TPSA) is 33.2 Å². The summed E-state index contributed by atoms with van der Waals surface area (Å²) in [6, 6.07) is 4.30. The Morgan fingerprint density at radius 1 is 1.27 bits per heavy atom.